The number of aromatic hydroxyl groups is 1. The first kappa shape index (κ1) is 14.9. The minimum absolute atomic E-state index is 0.151. The van der Waals surface area contributed by atoms with Crippen molar-refractivity contribution in [1.29, 1.82) is 0 Å². The van der Waals surface area contributed by atoms with Crippen LogP contribution in [0.3, 0.4) is 0 Å². The molecule has 2 fully saturated rings. The second-order valence-corrected chi connectivity index (χ2v) is 7.26. The Hall–Kier alpha value is -1.71. The Morgan fingerprint density at radius 3 is 3.09 bits per heavy atom. The van der Waals surface area contributed by atoms with Crippen LogP contribution in [-0.4, -0.2) is 35.3 Å². The number of ether oxygens (including phenoxy) is 1. The van der Waals surface area contributed by atoms with Crippen LogP contribution < -0.4 is 0 Å². The lowest BCUT2D eigenvalue weighted by molar-refractivity contribution is -0.0110. The number of nitrogens with zero attached hydrogens (tertiary/aromatic N) is 1. The number of hydrogen-bond donors (Lipinski definition) is 1. The molecule has 0 spiro atoms. The van der Waals surface area contributed by atoms with E-state index in [1.807, 2.05) is 17.9 Å². The Kier molecular flexibility index (Phi) is 3.51. The molecule has 1 heterocycles. The van der Waals surface area contributed by atoms with E-state index in [2.05, 4.69) is 6.07 Å². The Morgan fingerprint density at radius 2 is 2.26 bits per heavy atom. The van der Waals surface area contributed by atoms with Gasteiger partial charge in [0.25, 0.3) is 0 Å². The van der Waals surface area contributed by atoms with Crippen molar-refractivity contribution in [2.24, 2.45) is 5.92 Å². The molecule has 4 heteroatoms. The molecule has 1 N–H and O–H groups in total. The maximum absolute atomic E-state index is 12.4. The Balaban J connectivity index is 1.78. The zero-order valence-corrected chi connectivity index (χ0v) is 13.8. The number of phenols is 1. The largest absolute Gasteiger partial charge is 0.508 e. The van der Waals surface area contributed by atoms with E-state index in [0.29, 0.717) is 18.3 Å². The summed E-state index contributed by atoms with van der Waals surface area (Å²) < 4.78 is 5.30. The standard InChI is InChI=1S/C19H25NO3/c1-2-23-18(22)20-10-9-19-8-4-3-5-15(19)17(20)11-13-6-7-14(21)12-16(13)19/h6-7,12,15,17,21H,2-5,8-11H2,1H3/t15-,17+,19-/m0/s1. The summed E-state index contributed by atoms with van der Waals surface area (Å²) in [4.78, 5) is 14.4. The summed E-state index contributed by atoms with van der Waals surface area (Å²) in [6.45, 7) is 3.07. The second kappa shape index (κ2) is 5.43. The van der Waals surface area contributed by atoms with Crippen LogP contribution in [0.15, 0.2) is 18.2 Å². The fourth-order valence-electron chi connectivity index (χ4n) is 5.43. The van der Waals surface area contributed by atoms with Crippen LogP contribution in [0.25, 0.3) is 0 Å². The van der Waals surface area contributed by atoms with E-state index in [0.717, 1.165) is 19.4 Å². The summed E-state index contributed by atoms with van der Waals surface area (Å²) in [6.07, 6.45) is 6.58. The van der Waals surface area contributed by atoms with Gasteiger partial charge in [-0.2, -0.15) is 0 Å². The van der Waals surface area contributed by atoms with E-state index in [4.69, 9.17) is 4.74 Å². The van der Waals surface area contributed by atoms with Gasteiger partial charge >= 0.3 is 6.09 Å². The van der Waals surface area contributed by atoms with E-state index in [1.54, 1.807) is 6.07 Å². The second-order valence-electron chi connectivity index (χ2n) is 7.26. The lowest BCUT2D eigenvalue weighted by Crippen LogP contribution is -2.62. The van der Waals surface area contributed by atoms with Crippen molar-refractivity contribution < 1.29 is 14.6 Å². The maximum atomic E-state index is 12.4. The van der Waals surface area contributed by atoms with Crippen molar-refractivity contribution in [3.05, 3.63) is 29.3 Å². The Labute approximate surface area is 137 Å². The highest BCUT2D eigenvalue weighted by Gasteiger charge is 2.55. The third-order valence-corrected chi connectivity index (χ3v) is 6.32. The molecule has 1 aromatic carbocycles. The quantitative estimate of drug-likeness (QED) is 0.861. The number of carbonyl (C=O) groups is 1. The highest BCUT2D eigenvalue weighted by molar-refractivity contribution is 5.69. The van der Waals surface area contributed by atoms with Crippen molar-refractivity contribution in [3.63, 3.8) is 0 Å². The number of amides is 1. The van der Waals surface area contributed by atoms with Crippen LogP contribution in [0.4, 0.5) is 4.79 Å². The summed E-state index contributed by atoms with van der Waals surface area (Å²) in [5.41, 5.74) is 2.81. The summed E-state index contributed by atoms with van der Waals surface area (Å²) in [5.74, 6) is 0.873. The van der Waals surface area contributed by atoms with Crippen LogP contribution >= 0.6 is 0 Å². The van der Waals surface area contributed by atoms with Crippen molar-refractivity contribution >= 4 is 6.09 Å². The molecule has 124 valence electrons. The molecule has 23 heavy (non-hydrogen) atoms. The molecule has 0 unspecified atom stereocenters. The molecule has 1 aromatic rings. The van der Waals surface area contributed by atoms with Gasteiger partial charge < -0.3 is 14.7 Å². The van der Waals surface area contributed by atoms with Crippen LogP contribution in [0.2, 0.25) is 0 Å². The van der Waals surface area contributed by atoms with Gasteiger partial charge in [-0.1, -0.05) is 18.9 Å². The minimum Gasteiger partial charge on any atom is -0.508 e. The van der Waals surface area contributed by atoms with E-state index in [1.165, 1.54) is 36.8 Å². The highest BCUT2D eigenvalue weighted by atomic mass is 16.6. The first-order chi connectivity index (χ1) is 11.2. The van der Waals surface area contributed by atoms with Gasteiger partial charge in [-0.15, -0.1) is 0 Å². The number of hydrogen-bond acceptors (Lipinski definition) is 3. The smallest absolute Gasteiger partial charge is 0.410 e. The number of piperidine rings is 1. The van der Waals surface area contributed by atoms with Crippen LogP contribution in [0.1, 0.15) is 50.2 Å². The molecule has 1 aliphatic heterocycles. The van der Waals surface area contributed by atoms with Crippen LogP contribution in [0, 0.1) is 5.92 Å². The van der Waals surface area contributed by atoms with Gasteiger partial charge in [0.15, 0.2) is 0 Å². The van der Waals surface area contributed by atoms with E-state index in [-0.39, 0.29) is 17.6 Å². The minimum atomic E-state index is -0.154. The van der Waals surface area contributed by atoms with Crippen LogP contribution in [-0.2, 0) is 16.6 Å². The molecule has 1 saturated heterocycles. The molecule has 2 bridgehead atoms. The van der Waals surface area contributed by atoms with Gasteiger partial charge in [0.1, 0.15) is 5.75 Å². The number of carbonyl (C=O) groups excluding carboxylic acids is 1. The Bertz CT molecular complexity index is 629. The molecule has 1 amide bonds. The van der Waals surface area contributed by atoms with Crippen molar-refractivity contribution in [2.45, 2.75) is 56.9 Å². The van der Waals surface area contributed by atoms with E-state index in [9.17, 15) is 9.90 Å². The third-order valence-electron chi connectivity index (χ3n) is 6.32. The predicted molar refractivity (Wildman–Crippen MR) is 87.6 cm³/mol. The molecule has 1 saturated carbocycles. The Morgan fingerprint density at radius 1 is 1.39 bits per heavy atom. The maximum Gasteiger partial charge on any atom is 0.410 e. The van der Waals surface area contributed by atoms with Crippen molar-refractivity contribution in [1.82, 2.24) is 4.90 Å². The fraction of sp³-hybridized carbons (Fsp3) is 0.632. The summed E-state index contributed by atoms with van der Waals surface area (Å²) in [7, 11) is 0. The summed E-state index contributed by atoms with van der Waals surface area (Å²) in [5, 5.41) is 10.00. The fourth-order valence-corrected chi connectivity index (χ4v) is 5.43. The van der Waals surface area contributed by atoms with Gasteiger partial charge in [-0.3, -0.25) is 0 Å². The zero-order valence-electron chi connectivity index (χ0n) is 13.8. The lowest BCUT2D eigenvalue weighted by Gasteiger charge is -2.58. The molecule has 4 nitrogen and oxygen atoms in total. The lowest BCUT2D eigenvalue weighted by atomic mass is 9.52. The predicted octanol–water partition coefficient (Wildman–Crippen LogP) is 3.61. The van der Waals surface area contributed by atoms with Gasteiger partial charge in [0.05, 0.1) is 6.61 Å². The molecule has 0 aromatic heterocycles. The van der Waals surface area contributed by atoms with Crippen LogP contribution in [0.5, 0.6) is 5.75 Å². The monoisotopic (exact) mass is 315 g/mol. The molecule has 2 aliphatic carbocycles. The number of likely N-dealkylation sites (tertiary alicyclic amines) is 1. The molecular weight excluding hydrogens is 290 g/mol. The first-order valence-corrected chi connectivity index (χ1v) is 8.91. The van der Waals surface area contributed by atoms with Gasteiger partial charge in [0.2, 0.25) is 0 Å². The van der Waals surface area contributed by atoms with Crippen molar-refractivity contribution in [3.8, 4) is 5.75 Å². The van der Waals surface area contributed by atoms with E-state index < -0.39 is 0 Å². The number of fused-ring (bicyclic) bond motifs is 1. The number of benzene rings is 1. The molecular formula is C19H25NO3. The highest BCUT2D eigenvalue weighted by Crippen LogP contribution is 2.56. The van der Waals surface area contributed by atoms with Crippen molar-refractivity contribution in [2.75, 3.05) is 13.2 Å². The van der Waals surface area contributed by atoms with Gasteiger partial charge in [-0.25, -0.2) is 4.79 Å². The third kappa shape index (κ3) is 2.14. The molecule has 3 atom stereocenters. The SMILES string of the molecule is CCOC(=O)N1CC[C@@]23CCCC[C@H]2[C@H]1Cc1ccc(O)cc13. The van der Waals surface area contributed by atoms with Gasteiger partial charge in [0, 0.05) is 18.0 Å². The number of rotatable bonds is 1. The normalized spacial score (nSPS) is 32.0. The first-order valence-electron chi connectivity index (χ1n) is 8.91. The van der Waals surface area contributed by atoms with E-state index >= 15 is 0 Å². The molecule has 0 radical (unpaired) electrons. The topological polar surface area (TPSA) is 49.8 Å². The average Bonchev–Trinajstić information content (AvgIpc) is 2.56. The molecule has 3 aliphatic rings. The summed E-state index contributed by atoms with van der Waals surface area (Å²) in [6, 6.07) is 6.08. The van der Waals surface area contributed by atoms with Gasteiger partial charge in [-0.05, 0) is 61.8 Å². The number of phenolic OH excluding ortho intramolecular Hbond substituents is 1. The zero-order chi connectivity index (χ0) is 16.0. The molecule has 4 rings (SSSR count). The summed E-state index contributed by atoms with van der Waals surface area (Å²) >= 11 is 0. The average molecular weight is 315 g/mol.